The predicted molar refractivity (Wildman–Crippen MR) is 94.2 cm³/mol. The van der Waals surface area contributed by atoms with Crippen LogP contribution in [0.25, 0.3) is 10.4 Å². The first kappa shape index (κ1) is 20.7. The Kier molecular flexibility index (Phi) is 7.18. The number of rotatable bonds is 8. The van der Waals surface area contributed by atoms with Crippen LogP contribution < -0.4 is 0 Å². The van der Waals surface area contributed by atoms with Crippen molar-refractivity contribution in [2.75, 3.05) is 6.61 Å². The van der Waals surface area contributed by atoms with Crippen molar-refractivity contribution in [3.8, 4) is 0 Å². The topological polar surface area (TPSA) is 120 Å². The summed E-state index contributed by atoms with van der Waals surface area (Å²) >= 11 is 0. The van der Waals surface area contributed by atoms with E-state index in [2.05, 4.69) is 10.0 Å². The van der Waals surface area contributed by atoms with E-state index in [0.717, 1.165) is 5.56 Å². The van der Waals surface area contributed by atoms with E-state index in [0.29, 0.717) is 6.61 Å². The van der Waals surface area contributed by atoms with Crippen molar-refractivity contribution in [3.63, 3.8) is 0 Å². The molecule has 9 heteroatoms. The summed E-state index contributed by atoms with van der Waals surface area (Å²) in [6, 6.07) is 8.90. The Morgan fingerprint density at radius 3 is 2.56 bits per heavy atom. The molecular weight excluding hydrogens is 354 g/mol. The maximum absolute atomic E-state index is 11.4. The number of esters is 2. The van der Waals surface area contributed by atoms with Gasteiger partial charge in [0.15, 0.2) is 6.10 Å². The van der Waals surface area contributed by atoms with Crippen LogP contribution in [-0.4, -0.2) is 42.6 Å². The zero-order chi connectivity index (χ0) is 19.9. The average molecular weight is 377 g/mol. The highest BCUT2D eigenvalue weighted by molar-refractivity contribution is 5.67. The lowest BCUT2D eigenvalue weighted by Crippen LogP contribution is -2.44. The number of ether oxygens (including phenoxy) is 4. The first-order valence-electron chi connectivity index (χ1n) is 8.54. The van der Waals surface area contributed by atoms with Crippen LogP contribution in [0.1, 0.15) is 32.8 Å². The molecule has 1 saturated heterocycles. The molecule has 0 radical (unpaired) electrons. The van der Waals surface area contributed by atoms with Gasteiger partial charge in [-0.2, -0.15) is 0 Å². The van der Waals surface area contributed by atoms with Crippen LogP contribution >= 0.6 is 0 Å². The molecule has 1 aromatic carbocycles. The highest BCUT2D eigenvalue weighted by Crippen LogP contribution is 2.38. The van der Waals surface area contributed by atoms with Crippen LogP contribution in [-0.2, 0) is 35.1 Å². The van der Waals surface area contributed by atoms with Crippen LogP contribution in [0, 0.1) is 0 Å². The Balaban J connectivity index is 2.17. The van der Waals surface area contributed by atoms with E-state index >= 15 is 0 Å². The third kappa shape index (κ3) is 5.68. The Hall–Kier alpha value is -2.61. The van der Waals surface area contributed by atoms with Gasteiger partial charge in [0.05, 0.1) is 19.3 Å². The second-order valence-electron chi connectivity index (χ2n) is 6.37. The number of benzene rings is 1. The summed E-state index contributed by atoms with van der Waals surface area (Å²) in [5.74, 6) is -1.10. The highest BCUT2D eigenvalue weighted by atomic mass is 16.7. The third-order valence-electron chi connectivity index (χ3n) is 4.24. The molecular formula is C18H23N3O6. The number of carbonyl (C=O) groups is 2. The maximum atomic E-state index is 11.4. The van der Waals surface area contributed by atoms with Crippen molar-refractivity contribution in [2.24, 2.45) is 5.11 Å². The van der Waals surface area contributed by atoms with E-state index in [1.165, 1.54) is 13.8 Å². The van der Waals surface area contributed by atoms with E-state index in [4.69, 9.17) is 24.5 Å². The van der Waals surface area contributed by atoms with Crippen molar-refractivity contribution >= 4 is 11.9 Å². The lowest BCUT2D eigenvalue weighted by atomic mass is 9.92. The lowest BCUT2D eigenvalue weighted by Gasteiger charge is -2.31. The molecule has 0 spiro atoms. The fourth-order valence-electron chi connectivity index (χ4n) is 2.95. The molecule has 0 aliphatic carbocycles. The molecule has 2 rings (SSSR count). The maximum Gasteiger partial charge on any atom is 0.305 e. The first-order chi connectivity index (χ1) is 12.9. The van der Waals surface area contributed by atoms with E-state index in [1.54, 1.807) is 6.92 Å². The Morgan fingerprint density at radius 2 is 1.96 bits per heavy atom. The molecule has 1 fully saturated rings. The summed E-state index contributed by atoms with van der Waals surface area (Å²) in [4.78, 5) is 25.6. The van der Waals surface area contributed by atoms with Gasteiger partial charge >= 0.3 is 11.9 Å². The zero-order valence-electron chi connectivity index (χ0n) is 15.5. The number of carbonyl (C=O) groups excluding carboxylic acids is 2. The first-order valence-corrected chi connectivity index (χ1v) is 8.54. The molecule has 0 N–H and O–H groups in total. The van der Waals surface area contributed by atoms with Crippen molar-refractivity contribution < 1.29 is 28.5 Å². The molecule has 0 bridgehead atoms. The van der Waals surface area contributed by atoms with Crippen molar-refractivity contribution in [1.29, 1.82) is 0 Å². The summed E-state index contributed by atoms with van der Waals surface area (Å²) in [5, 5.41) is 3.73. The molecule has 1 aliphatic heterocycles. The van der Waals surface area contributed by atoms with Gasteiger partial charge < -0.3 is 18.9 Å². The Labute approximate surface area is 157 Å². The summed E-state index contributed by atoms with van der Waals surface area (Å²) < 4.78 is 22.1. The highest BCUT2D eigenvalue weighted by Gasteiger charge is 2.53. The van der Waals surface area contributed by atoms with Gasteiger partial charge in [0.2, 0.25) is 6.29 Å². The van der Waals surface area contributed by atoms with Crippen LogP contribution in [0.2, 0.25) is 0 Å². The van der Waals surface area contributed by atoms with E-state index < -0.39 is 36.0 Å². The van der Waals surface area contributed by atoms with E-state index in [9.17, 15) is 9.59 Å². The molecule has 146 valence electrons. The zero-order valence-corrected chi connectivity index (χ0v) is 15.5. The summed E-state index contributed by atoms with van der Waals surface area (Å²) in [6.07, 6.45) is -1.74. The minimum Gasteiger partial charge on any atom is -0.456 e. The van der Waals surface area contributed by atoms with Crippen LogP contribution in [0.4, 0.5) is 0 Å². The summed E-state index contributed by atoms with van der Waals surface area (Å²) in [6.45, 7) is 4.56. The van der Waals surface area contributed by atoms with Crippen molar-refractivity contribution in [2.45, 2.75) is 57.8 Å². The van der Waals surface area contributed by atoms with Gasteiger partial charge in [0.25, 0.3) is 0 Å². The standard InChI is InChI=1S/C18H23N3O6/c1-12(20-21-19)18(11-24-10-15-7-5-4-6-8-15)9-16(25-13(2)22)17(27-18)26-14(3)23/h4-8,12,16-17H,9-11H2,1-3H3/t12?,16-,17?,18+/m1/s1. The minimum atomic E-state index is -1.10. The summed E-state index contributed by atoms with van der Waals surface area (Å²) in [5.41, 5.74) is 8.70. The Bertz CT molecular complexity index is 680. The molecule has 1 aliphatic rings. The number of hydrogen-bond acceptors (Lipinski definition) is 7. The lowest BCUT2D eigenvalue weighted by molar-refractivity contribution is -0.213. The van der Waals surface area contributed by atoms with Crippen molar-refractivity contribution in [1.82, 2.24) is 0 Å². The smallest absolute Gasteiger partial charge is 0.305 e. The summed E-state index contributed by atoms with van der Waals surface area (Å²) in [7, 11) is 0. The second-order valence-corrected chi connectivity index (χ2v) is 6.37. The number of hydrogen-bond donors (Lipinski definition) is 0. The van der Waals surface area contributed by atoms with Crippen LogP contribution in [0.5, 0.6) is 0 Å². The van der Waals surface area contributed by atoms with Gasteiger partial charge in [-0.1, -0.05) is 42.4 Å². The third-order valence-corrected chi connectivity index (χ3v) is 4.24. The molecule has 0 amide bonds. The number of azide groups is 1. The minimum absolute atomic E-state index is 0.0671. The molecule has 27 heavy (non-hydrogen) atoms. The van der Waals surface area contributed by atoms with Crippen LogP contribution in [0.3, 0.4) is 0 Å². The van der Waals surface area contributed by atoms with Gasteiger partial charge in [-0.15, -0.1) is 0 Å². The second kappa shape index (κ2) is 9.36. The van der Waals surface area contributed by atoms with E-state index in [1.807, 2.05) is 30.3 Å². The fraction of sp³-hybridized carbons (Fsp3) is 0.556. The predicted octanol–water partition coefficient (Wildman–Crippen LogP) is 2.88. The van der Waals surface area contributed by atoms with Crippen molar-refractivity contribution in [3.05, 3.63) is 46.3 Å². The van der Waals surface area contributed by atoms with Gasteiger partial charge in [-0.25, -0.2) is 0 Å². The fourth-order valence-corrected chi connectivity index (χ4v) is 2.95. The molecule has 2 unspecified atom stereocenters. The normalized spacial score (nSPS) is 25.3. The van der Waals surface area contributed by atoms with E-state index in [-0.39, 0.29) is 13.0 Å². The molecule has 1 aromatic rings. The Morgan fingerprint density at radius 1 is 1.30 bits per heavy atom. The van der Waals surface area contributed by atoms with Gasteiger partial charge in [-0.05, 0) is 11.1 Å². The van der Waals surface area contributed by atoms with Gasteiger partial charge in [0.1, 0.15) is 5.60 Å². The quantitative estimate of drug-likeness (QED) is 0.297. The number of nitrogens with zero attached hydrogens (tertiary/aromatic N) is 3. The largest absolute Gasteiger partial charge is 0.456 e. The monoisotopic (exact) mass is 377 g/mol. The molecule has 9 nitrogen and oxygen atoms in total. The molecule has 1 heterocycles. The van der Waals surface area contributed by atoms with Crippen LogP contribution in [0.15, 0.2) is 35.4 Å². The average Bonchev–Trinajstić information content (AvgIpc) is 2.93. The van der Waals surface area contributed by atoms with Gasteiger partial charge in [0, 0.05) is 25.2 Å². The van der Waals surface area contributed by atoms with Gasteiger partial charge in [-0.3, -0.25) is 9.59 Å². The molecule has 0 saturated carbocycles. The SMILES string of the molecule is CC(=O)OC1O[C@@](COCc2ccccc2)(C(C)N=[N+]=[N-])C[C@H]1OC(C)=O. The molecule has 0 aromatic heterocycles. The molecule has 4 atom stereocenters.